The van der Waals surface area contributed by atoms with Crippen LogP contribution < -0.4 is 10.2 Å². The average Bonchev–Trinajstić information content (AvgIpc) is 2.56. The third-order valence-electron chi connectivity index (χ3n) is 3.83. The maximum Gasteiger partial charge on any atom is 0.431 e. The van der Waals surface area contributed by atoms with E-state index >= 15 is 0 Å². The number of nitrogens with zero attached hydrogens (tertiary/aromatic N) is 1. The lowest BCUT2D eigenvalue weighted by Crippen LogP contribution is -2.19. The number of benzene rings is 2. The Balaban J connectivity index is 1.97. The lowest BCUT2D eigenvalue weighted by molar-refractivity contribution is -0.143. The minimum atomic E-state index is -4.60. The van der Waals surface area contributed by atoms with Crippen molar-refractivity contribution >= 4 is 26.8 Å². The molecule has 0 fully saturated rings. The molecule has 0 saturated carbocycles. The van der Waals surface area contributed by atoms with Crippen LogP contribution in [0.4, 0.5) is 13.2 Å². The summed E-state index contributed by atoms with van der Waals surface area (Å²) < 4.78 is 46.7. The zero-order valence-corrected chi connectivity index (χ0v) is 14.7. The maximum atomic E-state index is 13.1. The minimum absolute atomic E-state index is 0.174. The summed E-state index contributed by atoms with van der Waals surface area (Å²) in [5, 5.41) is 0.214. The van der Waals surface area contributed by atoms with Gasteiger partial charge in [0.25, 0.3) is 0 Å². The number of pyridine rings is 1. The first kappa shape index (κ1) is 17.5. The van der Waals surface area contributed by atoms with E-state index in [-0.39, 0.29) is 17.5 Å². The largest absolute Gasteiger partial charge is 0.489 e. The van der Waals surface area contributed by atoms with Gasteiger partial charge in [0.15, 0.2) is 5.43 Å². The van der Waals surface area contributed by atoms with E-state index < -0.39 is 17.3 Å². The van der Waals surface area contributed by atoms with Gasteiger partial charge in [-0.15, -0.1) is 0 Å². The number of aromatic nitrogens is 1. The van der Waals surface area contributed by atoms with E-state index in [1.165, 1.54) is 19.2 Å². The van der Waals surface area contributed by atoms with E-state index in [4.69, 9.17) is 4.74 Å². The van der Waals surface area contributed by atoms with Crippen molar-refractivity contribution in [1.29, 1.82) is 0 Å². The Hall–Kier alpha value is -2.28. The molecule has 0 radical (unpaired) electrons. The third-order valence-corrected chi connectivity index (χ3v) is 4.36. The van der Waals surface area contributed by atoms with Crippen LogP contribution in [0, 0.1) is 0 Å². The first-order valence-electron chi connectivity index (χ1n) is 7.34. The fourth-order valence-corrected chi connectivity index (χ4v) is 2.80. The molecule has 3 nitrogen and oxygen atoms in total. The van der Waals surface area contributed by atoms with E-state index in [2.05, 4.69) is 15.9 Å². The molecule has 0 saturated heterocycles. The molecule has 130 valence electrons. The summed E-state index contributed by atoms with van der Waals surface area (Å²) >= 11 is 3.34. The molecular formula is C18H13BrF3NO2. The third kappa shape index (κ3) is 3.71. The molecule has 3 aromatic rings. The van der Waals surface area contributed by atoms with Crippen molar-refractivity contribution in [2.24, 2.45) is 7.05 Å². The molecule has 7 heteroatoms. The molecule has 0 aliphatic rings. The topological polar surface area (TPSA) is 31.2 Å². The predicted octanol–water partition coefficient (Wildman–Crippen LogP) is 4.90. The van der Waals surface area contributed by atoms with Gasteiger partial charge < -0.3 is 9.30 Å². The molecule has 0 atom stereocenters. The van der Waals surface area contributed by atoms with Crippen LogP contribution in [0.25, 0.3) is 10.9 Å². The van der Waals surface area contributed by atoms with E-state index in [1.807, 2.05) is 24.3 Å². The first-order chi connectivity index (χ1) is 11.8. The molecule has 25 heavy (non-hydrogen) atoms. The normalized spacial score (nSPS) is 11.7. The molecule has 1 heterocycles. The van der Waals surface area contributed by atoms with Gasteiger partial charge in [-0.2, -0.15) is 13.2 Å². The van der Waals surface area contributed by atoms with Gasteiger partial charge in [-0.25, -0.2) is 0 Å². The number of fused-ring (bicyclic) bond motifs is 1. The van der Waals surface area contributed by atoms with Crippen molar-refractivity contribution in [2.75, 3.05) is 0 Å². The summed E-state index contributed by atoms with van der Waals surface area (Å²) in [4.78, 5) is 12.0. The second kappa shape index (κ2) is 6.55. The summed E-state index contributed by atoms with van der Waals surface area (Å²) in [6.45, 7) is 0.270. The smallest absolute Gasteiger partial charge is 0.431 e. The molecule has 0 bridgehead atoms. The Morgan fingerprint density at radius 3 is 2.40 bits per heavy atom. The van der Waals surface area contributed by atoms with E-state index in [0.717, 1.165) is 14.6 Å². The molecule has 0 aliphatic carbocycles. The van der Waals surface area contributed by atoms with Crippen molar-refractivity contribution in [3.63, 3.8) is 0 Å². The van der Waals surface area contributed by atoms with Crippen molar-refractivity contribution in [2.45, 2.75) is 12.8 Å². The van der Waals surface area contributed by atoms with Crippen molar-refractivity contribution in [1.82, 2.24) is 4.57 Å². The van der Waals surface area contributed by atoms with E-state index in [9.17, 15) is 18.0 Å². The molecule has 0 amide bonds. The van der Waals surface area contributed by atoms with Gasteiger partial charge in [0.05, 0.1) is 5.52 Å². The molecule has 0 N–H and O–H groups in total. The highest BCUT2D eigenvalue weighted by Crippen LogP contribution is 2.30. The average molecular weight is 412 g/mol. The lowest BCUT2D eigenvalue weighted by Gasteiger charge is -2.15. The summed E-state index contributed by atoms with van der Waals surface area (Å²) in [5.74, 6) is 0.393. The maximum absolute atomic E-state index is 13.1. The number of halogens is 4. The Bertz CT molecular complexity index is 979. The molecule has 2 aromatic carbocycles. The van der Waals surface area contributed by atoms with Gasteiger partial charge in [-0.3, -0.25) is 4.79 Å². The minimum Gasteiger partial charge on any atom is -0.489 e. The van der Waals surface area contributed by atoms with Gasteiger partial charge >= 0.3 is 6.18 Å². The molecule has 0 unspecified atom stereocenters. The zero-order chi connectivity index (χ0) is 18.2. The van der Waals surface area contributed by atoms with Crippen LogP contribution >= 0.6 is 15.9 Å². The van der Waals surface area contributed by atoms with Crippen molar-refractivity contribution in [3.8, 4) is 5.75 Å². The number of hydrogen-bond acceptors (Lipinski definition) is 2. The van der Waals surface area contributed by atoms with Gasteiger partial charge in [-0.05, 0) is 29.8 Å². The number of aryl methyl sites for hydroxylation is 1. The van der Waals surface area contributed by atoms with Gasteiger partial charge in [0.2, 0.25) is 0 Å². The van der Waals surface area contributed by atoms with Crippen LogP contribution in [-0.4, -0.2) is 4.57 Å². The van der Waals surface area contributed by atoms with E-state index in [1.54, 1.807) is 6.07 Å². The molecule has 0 spiro atoms. The first-order valence-corrected chi connectivity index (χ1v) is 8.13. The Labute approximate surface area is 149 Å². The lowest BCUT2D eigenvalue weighted by atomic mass is 10.1. The van der Waals surface area contributed by atoms with Crippen LogP contribution in [-0.2, 0) is 19.8 Å². The number of rotatable bonds is 3. The van der Waals surface area contributed by atoms with Gasteiger partial charge in [0, 0.05) is 29.0 Å². The Morgan fingerprint density at radius 1 is 1.08 bits per heavy atom. The summed E-state index contributed by atoms with van der Waals surface area (Å²) in [6, 6.07) is 12.6. The predicted molar refractivity (Wildman–Crippen MR) is 92.7 cm³/mol. The molecular weight excluding hydrogens is 399 g/mol. The molecule has 3 rings (SSSR count). The summed E-state index contributed by atoms with van der Waals surface area (Å²) in [5.41, 5.74) is -0.565. The SMILES string of the molecule is Cn1c(C(F)(F)F)cc(=O)c2ccc(OCc3ccc(Br)cc3)cc21. The fourth-order valence-electron chi connectivity index (χ4n) is 2.53. The zero-order valence-electron chi connectivity index (χ0n) is 13.1. The quantitative estimate of drug-likeness (QED) is 0.613. The number of hydrogen-bond donors (Lipinski definition) is 0. The van der Waals surface area contributed by atoms with Gasteiger partial charge in [-0.1, -0.05) is 28.1 Å². The van der Waals surface area contributed by atoms with E-state index in [0.29, 0.717) is 11.8 Å². The monoisotopic (exact) mass is 411 g/mol. The van der Waals surface area contributed by atoms with Crippen LogP contribution in [0.5, 0.6) is 5.75 Å². The highest BCUT2D eigenvalue weighted by atomic mass is 79.9. The number of ether oxygens (including phenoxy) is 1. The summed E-state index contributed by atoms with van der Waals surface area (Å²) in [7, 11) is 1.28. The fraction of sp³-hybridized carbons (Fsp3) is 0.167. The highest BCUT2D eigenvalue weighted by Gasteiger charge is 2.34. The van der Waals surface area contributed by atoms with Crippen LogP contribution in [0.1, 0.15) is 11.3 Å². The van der Waals surface area contributed by atoms with Crippen LogP contribution in [0.2, 0.25) is 0 Å². The van der Waals surface area contributed by atoms with Gasteiger partial charge in [0.1, 0.15) is 18.1 Å². The summed E-state index contributed by atoms with van der Waals surface area (Å²) in [6.07, 6.45) is -4.60. The molecule has 1 aromatic heterocycles. The molecule has 0 aliphatic heterocycles. The van der Waals surface area contributed by atoms with Crippen molar-refractivity contribution in [3.05, 3.63) is 74.5 Å². The second-order valence-corrected chi connectivity index (χ2v) is 6.46. The Morgan fingerprint density at radius 2 is 1.76 bits per heavy atom. The van der Waals surface area contributed by atoms with Crippen LogP contribution in [0.3, 0.4) is 0 Å². The standard InChI is InChI=1S/C18H13BrF3NO2/c1-23-15-8-13(25-10-11-2-4-12(19)5-3-11)6-7-14(15)16(24)9-17(23)18(20,21)22/h2-9H,10H2,1H3. The second-order valence-electron chi connectivity index (χ2n) is 5.54. The Kier molecular flexibility index (Phi) is 4.60. The number of alkyl halides is 3. The van der Waals surface area contributed by atoms with Crippen molar-refractivity contribution < 1.29 is 17.9 Å². The van der Waals surface area contributed by atoms with Crippen LogP contribution in [0.15, 0.2) is 57.8 Å². The highest BCUT2D eigenvalue weighted by molar-refractivity contribution is 9.10.